The van der Waals surface area contributed by atoms with E-state index in [4.69, 9.17) is 0 Å². The molecular weight excluding hydrogens is 328 g/mol. The van der Waals surface area contributed by atoms with Gasteiger partial charge in [-0.25, -0.2) is 14.4 Å². The normalized spacial score (nSPS) is 13.0. The first kappa shape index (κ1) is 20.3. The van der Waals surface area contributed by atoms with E-state index < -0.39 is 30.1 Å². The number of aliphatic carboxylic acids is 1. The Labute approximate surface area is 146 Å². The van der Waals surface area contributed by atoms with E-state index in [1.807, 2.05) is 13.8 Å². The quantitative estimate of drug-likeness (QED) is 0.522. The number of phenols is 1. The highest BCUT2D eigenvalue weighted by Gasteiger charge is 2.26. The summed E-state index contributed by atoms with van der Waals surface area (Å²) < 4.78 is 4.65. The number of hydrogen-bond acceptors (Lipinski definition) is 5. The second kappa shape index (κ2) is 9.51. The van der Waals surface area contributed by atoms with Crippen molar-refractivity contribution in [1.29, 1.82) is 0 Å². The minimum atomic E-state index is -1.23. The number of amides is 2. The Balaban J connectivity index is 2.74. The van der Waals surface area contributed by atoms with Crippen LogP contribution >= 0.6 is 0 Å². The monoisotopic (exact) mass is 352 g/mol. The van der Waals surface area contributed by atoms with Crippen LogP contribution in [0.15, 0.2) is 24.3 Å². The lowest BCUT2D eigenvalue weighted by Gasteiger charge is -2.21. The van der Waals surface area contributed by atoms with Crippen molar-refractivity contribution in [3.63, 3.8) is 0 Å². The van der Waals surface area contributed by atoms with Crippen molar-refractivity contribution in [3.05, 3.63) is 29.8 Å². The lowest BCUT2D eigenvalue weighted by Crippen LogP contribution is -2.52. The smallest absolute Gasteiger partial charge is 0.328 e. The molecule has 0 heterocycles. The predicted octanol–water partition coefficient (Wildman–Crippen LogP) is 1.27. The number of ether oxygens (including phenoxy) is 1. The largest absolute Gasteiger partial charge is 0.508 e. The van der Waals surface area contributed by atoms with Crippen LogP contribution in [0.2, 0.25) is 0 Å². The van der Waals surface area contributed by atoms with Crippen molar-refractivity contribution < 1.29 is 29.3 Å². The van der Waals surface area contributed by atoms with Crippen LogP contribution in [-0.2, 0) is 20.7 Å². The first-order valence-electron chi connectivity index (χ1n) is 7.88. The van der Waals surface area contributed by atoms with Gasteiger partial charge in [0.05, 0.1) is 7.11 Å². The van der Waals surface area contributed by atoms with Gasteiger partial charge < -0.3 is 25.6 Å². The second-order valence-corrected chi connectivity index (χ2v) is 6.09. The molecule has 2 atom stereocenters. The van der Waals surface area contributed by atoms with Gasteiger partial charge in [0.15, 0.2) is 0 Å². The molecule has 0 spiro atoms. The number of urea groups is 1. The van der Waals surface area contributed by atoms with E-state index in [0.29, 0.717) is 12.0 Å². The second-order valence-electron chi connectivity index (χ2n) is 6.09. The summed E-state index contributed by atoms with van der Waals surface area (Å²) in [5.41, 5.74) is 0.555. The lowest BCUT2D eigenvalue weighted by molar-refractivity contribution is -0.143. The van der Waals surface area contributed by atoms with E-state index in [2.05, 4.69) is 15.4 Å². The van der Waals surface area contributed by atoms with Crippen molar-refractivity contribution in [1.82, 2.24) is 10.6 Å². The molecule has 1 rings (SSSR count). The molecule has 8 nitrogen and oxygen atoms in total. The number of esters is 1. The Morgan fingerprint density at radius 2 is 1.80 bits per heavy atom. The van der Waals surface area contributed by atoms with Crippen LogP contribution in [0.5, 0.6) is 5.75 Å². The molecule has 2 amide bonds. The molecule has 1 aromatic carbocycles. The maximum atomic E-state index is 12.1. The van der Waals surface area contributed by atoms with Gasteiger partial charge in [-0.15, -0.1) is 0 Å². The molecule has 0 aliphatic rings. The minimum absolute atomic E-state index is 0.00813. The van der Waals surface area contributed by atoms with Crippen molar-refractivity contribution in [2.45, 2.75) is 38.8 Å². The molecule has 0 bridgehead atoms. The summed E-state index contributed by atoms with van der Waals surface area (Å²) in [7, 11) is 1.22. The predicted molar refractivity (Wildman–Crippen MR) is 90.2 cm³/mol. The third-order valence-electron chi connectivity index (χ3n) is 3.45. The average Bonchev–Trinajstić information content (AvgIpc) is 2.52. The van der Waals surface area contributed by atoms with Crippen LogP contribution in [0.25, 0.3) is 0 Å². The number of aromatic hydroxyl groups is 1. The number of methoxy groups -OCH3 is 1. The Morgan fingerprint density at radius 1 is 1.16 bits per heavy atom. The van der Waals surface area contributed by atoms with Crippen LogP contribution in [0, 0.1) is 5.92 Å². The summed E-state index contributed by atoms with van der Waals surface area (Å²) in [6.07, 6.45) is 0.356. The Bertz CT molecular complexity index is 617. The van der Waals surface area contributed by atoms with E-state index in [1.54, 1.807) is 12.1 Å². The van der Waals surface area contributed by atoms with Crippen molar-refractivity contribution >= 4 is 18.0 Å². The van der Waals surface area contributed by atoms with Crippen LogP contribution < -0.4 is 10.6 Å². The number of carbonyl (C=O) groups is 3. The van der Waals surface area contributed by atoms with Crippen molar-refractivity contribution in [3.8, 4) is 5.75 Å². The summed E-state index contributed by atoms with van der Waals surface area (Å²) in [5, 5.41) is 23.5. The van der Waals surface area contributed by atoms with Gasteiger partial charge in [-0.05, 0) is 30.0 Å². The zero-order valence-corrected chi connectivity index (χ0v) is 14.5. The van der Waals surface area contributed by atoms with Crippen molar-refractivity contribution in [2.24, 2.45) is 5.92 Å². The molecule has 0 radical (unpaired) electrons. The van der Waals surface area contributed by atoms with Gasteiger partial charge in [0.1, 0.15) is 17.8 Å². The number of rotatable bonds is 8. The Hall–Kier alpha value is -2.77. The Kier molecular flexibility index (Phi) is 7.71. The molecule has 25 heavy (non-hydrogen) atoms. The summed E-state index contributed by atoms with van der Waals surface area (Å²) in [4.78, 5) is 35.2. The Morgan fingerprint density at radius 3 is 2.32 bits per heavy atom. The molecule has 0 fully saturated rings. The zero-order chi connectivity index (χ0) is 19.0. The van der Waals surface area contributed by atoms with E-state index >= 15 is 0 Å². The summed E-state index contributed by atoms with van der Waals surface area (Å²) >= 11 is 0. The summed E-state index contributed by atoms with van der Waals surface area (Å²) in [5.74, 6) is -1.68. The SMILES string of the molecule is COC(=O)[C@H](CC(C)C)NC(=O)N[C@@H](Cc1cccc(O)c1)C(=O)O. The fourth-order valence-corrected chi connectivity index (χ4v) is 2.31. The van der Waals surface area contributed by atoms with E-state index in [-0.39, 0.29) is 18.1 Å². The highest BCUT2D eigenvalue weighted by molar-refractivity contribution is 5.86. The zero-order valence-electron chi connectivity index (χ0n) is 14.5. The van der Waals surface area contributed by atoms with Crippen LogP contribution in [0.1, 0.15) is 25.8 Å². The van der Waals surface area contributed by atoms with Gasteiger partial charge in [-0.3, -0.25) is 0 Å². The fourth-order valence-electron chi connectivity index (χ4n) is 2.31. The van der Waals surface area contributed by atoms with Crippen LogP contribution in [0.3, 0.4) is 0 Å². The van der Waals surface area contributed by atoms with Gasteiger partial charge in [0.2, 0.25) is 0 Å². The summed E-state index contributed by atoms with van der Waals surface area (Å²) in [6.45, 7) is 3.77. The van der Waals surface area contributed by atoms with Crippen LogP contribution in [0.4, 0.5) is 4.79 Å². The topological polar surface area (TPSA) is 125 Å². The number of benzene rings is 1. The van der Waals surface area contributed by atoms with E-state index in [0.717, 1.165) is 0 Å². The number of nitrogens with one attached hydrogen (secondary N) is 2. The van der Waals surface area contributed by atoms with Gasteiger partial charge in [0.25, 0.3) is 0 Å². The molecule has 138 valence electrons. The minimum Gasteiger partial charge on any atom is -0.508 e. The third kappa shape index (κ3) is 7.11. The molecular formula is C17H24N2O6. The van der Waals surface area contributed by atoms with Gasteiger partial charge in [0, 0.05) is 6.42 Å². The number of carboxylic acids is 1. The molecule has 0 aliphatic heterocycles. The molecule has 0 aromatic heterocycles. The van der Waals surface area contributed by atoms with Gasteiger partial charge in [-0.1, -0.05) is 26.0 Å². The number of hydrogen-bond donors (Lipinski definition) is 4. The highest BCUT2D eigenvalue weighted by atomic mass is 16.5. The maximum absolute atomic E-state index is 12.1. The molecule has 0 saturated carbocycles. The van der Waals surface area contributed by atoms with E-state index in [9.17, 15) is 24.6 Å². The average molecular weight is 352 g/mol. The summed E-state index contributed by atoms with van der Waals surface area (Å²) in [6, 6.07) is 3.27. The van der Waals surface area contributed by atoms with Gasteiger partial charge in [-0.2, -0.15) is 0 Å². The number of carbonyl (C=O) groups excluding carboxylic acids is 2. The van der Waals surface area contributed by atoms with Crippen molar-refractivity contribution in [2.75, 3.05) is 7.11 Å². The fraction of sp³-hybridized carbons (Fsp3) is 0.471. The molecule has 4 N–H and O–H groups in total. The molecule has 8 heteroatoms. The lowest BCUT2D eigenvalue weighted by atomic mass is 10.0. The third-order valence-corrected chi connectivity index (χ3v) is 3.45. The molecule has 1 aromatic rings. The first-order chi connectivity index (χ1) is 11.7. The highest BCUT2D eigenvalue weighted by Crippen LogP contribution is 2.13. The number of phenolic OH excluding ortho intramolecular Hbond substituents is 1. The molecule has 0 aliphatic carbocycles. The molecule has 0 unspecified atom stereocenters. The van der Waals surface area contributed by atoms with E-state index in [1.165, 1.54) is 19.2 Å². The first-order valence-corrected chi connectivity index (χ1v) is 7.88. The number of carboxylic acid groups (broad SMARTS) is 1. The standard InChI is InChI=1S/C17H24N2O6/c1-10(2)7-14(16(23)25-3)19-17(24)18-13(15(21)22)9-11-5-4-6-12(20)8-11/h4-6,8,10,13-14,20H,7,9H2,1-3H3,(H,21,22)(H2,18,19,24)/t13-,14-/m0/s1. The molecule has 0 saturated heterocycles. The van der Waals surface area contributed by atoms with Crippen LogP contribution in [-0.4, -0.2) is 47.4 Å². The maximum Gasteiger partial charge on any atom is 0.328 e. The van der Waals surface area contributed by atoms with Gasteiger partial charge >= 0.3 is 18.0 Å².